The normalized spacial score (nSPS) is 28.5. The third-order valence-corrected chi connectivity index (χ3v) is 5.50. The summed E-state index contributed by atoms with van der Waals surface area (Å²) in [7, 11) is -3.30. The molecule has 0 aromatic heterocycles. The zero-order valence-electron chi connectivity index (χ0n) is 8.27. The van der Waals surface area contributed by atoms with E-state index >= 15 is 0 Å². The Kier molecular flexibility index (Phi) is 2.53. The van der Waals surface area contributed by atoms with Crippen molar-refractivity contribution >= 4 is 21.4 Å². The van der Waals surface area contributed by atoms with E-state index in [9.17, 15) is 8.42 Å². The smallest absolute Gasteiger partial charge is 0.182 e. The van der Waals surface area contributed by atoms with E-state index in [-0.39, 0.29) is 16.0 Å². The van der Waals surface area contributed by atoms with Crippen LogP contribution in [0.2, 0.25) is 5.02 Å². The Morgan fingerprint density at radius 1 is 1.47 bits per heavy atom. The fraction of sp³-hybridized carbons (Fsp3) is 0.400. The third kappa shape index (κ3) is 1.57. The molecular formula is C10H12ClNO2S. The molecule has 1 aromatic rings. The number of halogens is 1. The maximum atomic E-state index is 12.0. The van der Waals surface area contributed by atoms with Gasteiger partial charge in [0.25, 0.3) is 0 Å². The number of fused-ring (bicyclic) bond motifs is 1. The van der Waals surface area contributed by atoms with Gasteiger partial charge in [-0.05, 0) is 25.0 Å². The number of nitrogens with two attached hydrogens (primary N) is 1. The number of hydrogen-bond acceptors (Lipinski definition) is 3. The summed E-state index contributed by atoms with van der Waals surface area (Å²) in [5, 5.41) is -0.186. The van der Waals surface area contributed by atoms with Gasteiger partial charge in [-0.2, -0.15) is 0 Å². The second-order valence-electron chi connectivity index (χ2n) is 3.86. The summed E-state index contributed by atoms with van der Waals surface area (Å²) in [5.74, 6) is 0. The largest absolute Gasteiger partial charge is 0.324 e. The minimum Gasteiger partial charge on any atom is -0.324 e. The van der Waals surface area contributed by atoms with Gasteiger partial charge >= 0.3 is 0 Å². The summed E-state index contributed by atoms with van der Waals surface area (Å²) in [6.45, 7) is 1.67. The zero-order chi connectivity index (χ0) is 11.2. The number of hydrogen-bond donors (Lipinski definition) is 1. The van der Waals surface area contributed by atoms with Crippen molar-refractivity contribution < 1.29 is 8.42 Å². The average molecular weight is 246 g/mol. The summed E-state index contributed by atoms with van der Waals surface area (Å²) in [6.07, 6.45) is 0.454. The lowest BCUT2D eigenvalue weighted by Crippen LogP contribution is -2.31. The van der Waals surface area contributed by atoms with Gasteiger partial charge in [-0.3, -0.25) is 0 Å². The molecule has 0 radical (unpaired) electrons. The van der Waals surface area contributed by atoms with Crippen molar-refractivity contribution in [1.82, 2.24) is 0 Å². The van der Waals surface area contributed by atoms with Crippen LogP contribution in [-0.2, 0) is 9.84 Å². The molecule has 1 heterocycles. The molecule has 15 heavy (non-hydrogen) atoms. The second-order valence-corrected chi connectivity index (χ2v) is 6.57. The van der Waals surface area contributed by atoms with Crippen molar-refractivity contribution in [3.8, 4) is 0 Å². The minimum atomic E-state index is -3.30. The molecule has 1 aliphatic rings. The highest BCUT2D eigenvalue weighted by Gasteiger charge is 2.36. The van der Waals surface area contributed by atoms with Gasteiger partial charge in [0.2, 0.25) is 0 Å². The van der Waals surface area contributed by atoms with Crippen LogP contribution < -0.4 is 5.73 Å². The maximum Gasteiger partial charge on any atom is 0.182 e. The van der Waals surface area contributed by atoms with E-state index in [1.165, 1.54) is 0 Å². The number of benzene rings is 1. The highest BCUT2D eigenvalue weighted by atomic mass is 35.5. The van der Waals surface area contributed by atoms with Gasteiger partial charge in [-0.1, -0.05) is 23.7 Å². The Labute approximate surface area is 94.2 Å². The lowest BCUT2D eigenvalue weighted by atomic mass is 10.0. The molecule has 2 unspecified atom stereocenters. The third-order valence-electron chi connectivity index (χ3n) is 2.80. The van der Waals surface area contributed by atoms with E-state index in [0.29, 0.717) is 12.0 Å². The van der Waals surface area contributed by atoms with E-state index < -0.39 is 15.1 Å². The predicted molar refractivity (Wildman–Crippen MR) is 59.6 cm³/mol. The maximum absolute atomic E-state index is 12.0. The molecule has 0 fully saturated rings. The summed E-state index contributed by atoms with van der Waals surface area (Å²) in [5.41, 5.74) is 6.54. The molecule has 3 nitrogen and oxygen atoms in total. The first-order valence-corrected chi connectivity index (χ1v) is 6.65. The van der Waals surface area contributed by atoms with Gasteiger partial charge in [-0.25, -0.2) is 8.42 Å². The topological polar surface area (TPSA) is 60.2 Å². The molecule has 5 heteroatoms. The molecule has 0 aliphatic carbocycles. The Hall–Kier alpha value is -0.580. The summed E-state index contributed by atoms with van der Waals surface area (Å²) < 4.78 is 24.1. The van der Waals surface area contributed by atoms with Gasteiger partial charge in [0, 0.05) is 6.04 Å². The van der Waals surface area contributed by atoms with Crippen LogP contribution in [0.5, 0.6) is 0 Å². The molecule has 0 saturated heterocycles. The fourth-order valence-corrected chi connectivity index (χ4v) is 4.19. The van der Waals surface area contributed by atoms with E-state index in [1.54, 1.807) is 25.1 Å². The van der Waals surface area contributed by atoms with Gasteiger partial charge in [0.15, 0.2) is 9.84 Å². The molecule has 82 valence electrons. The molecule has 0 amide bonds. The highest BCUT2D eigenvalue weighted by molar-refractivity contribution is 7.92. The quantitative estimate of drug-likeness (QED) is 0.760. The first kappa shape index (κ1) is 10.9. The number of sulfone groups is 1. The van der Waals surface area contributed by atoms with Gasteiger partial charge in [0.05, 0.1) is 15.2 Å². The van der Waals surface area contributed by atoms with Crippen molar-refractivity contribution in [3.05, 3.63) is 28.8 Å². The highest BCUT2D eigenvalue weighted by Crippen LogP contribution is 2.38. The zero-order valence-corrected chi connectivity index (χ0v) is 9.85. The van der Waals surface area contributed by atoms with E-state index in [0.717, 1.165) is 0 Å². The molecule has 1 aromatic carbocycles. The van der Waals surface area contributed by atoms with Crippen LogP contribution in [0.4, 0.5) is 0 Å². The Morgan fingerprint density at radius 3 is 2.80 bits per heavy atom. The van der Waals surface area contributed by atoms with Crippen LogP contribution in [-0.4, -0.2) is 13.7 Å². The first-order chi connectivity index (χ1) is 6.94. The monoisotopic (exact) mass is 245 g/mol. The van der Waals surface area contributed by atoms with Crippen molar-refractivity contribution in [2.45, 2.75) is 29.5 Å². The van der Waals surface area contributed by atoms with Crippen LogP contribution in [0.25, 0.3) is 0 Å². The Morgan fingerprint density at radius 2 is 2.13 bits per heavy atom. The summed E-state index contributed by atoms with van der Waals surface area (Å²) in [4.78, 5) is 0.220. The van der Waals surface area contributed by atoms with Crippen LogP contribution in [0.15, 0.2) is 23.1 Å². The standard InChI is InChI=1S/C10H12ClNO2S/c1-6-5-9(12)7-3-2-4-8(11)10(7)15(6,13)14/h2-4,6,9H,5,12H2,1H3. The summed E-state index contributed by atoms with van der Waals surface area (Å²) >= 11 is 5.92. The average Bonchev–Trinajstić information content (AvgIpc) is 2.14. The van der Waals surface area contributed by atoms with E-state index in [1.807, 2.05) is 0 Å². The van der Waals surface area contributed by atoms with Crippen molar-refractivity contribution in [2.75, 3.05) is 0 Å². The molecular weight excluding hydrogens is 234 g/mol. The SMILES string of the molecule is CC1CC(N)c2cccc(Cl)c2S1(=O)=O. The van der Waals surface area contributed by atoms with Crippen molar-refractivity contribution in [3.63, 3.8) is 0 Å². The van der Waals surface area contributed by atoms with Crippen LogP contribution in [0.1, 0.15) is 24.9 Å². The summed E-state index contributed by atoms with van der Waals surface area (Å²) in [6, 6.07) is 4.81. The lowest BCUT2D eigenvalue weighted by Gasteiger charge is -2.27. The molecule has 1 aliphatic heterocycles. The van der Waals surface area contributed by atoms with Crippen LogP contribution >= 0.6 is 11.6 Å². The molecule has 0 spiro atoms. The number of rotatable bonds is 0. The van der Waals surface area contributed by atoms with E-state index in [2.05, 4.69) is 0 Å². The first-order valence-electron chi connectivity index (χ1n) is 4.72. The molecule has 0 saturated carbocycles. The van der Waals surface area contributed by atoms with Gasteiger partial charge in [-0.15, -0.1) is 0 Å². The Bertz CT molecular complexity index is 498. The molecule has 0 bridgehead atoms. The minimum absolute atomic E-state index is 0.220. The van der Waals surface area contributed by atoms with Crippen molar-refractivity contribution in [1.29, 1.82) is 0 Å². The molecule has 2 N–H and O–H groups in total. The van der Waals surface area contributed by atoms with E-state index in [4.69, 9.17) is 17.3 Å². The van der Waals surface area contributed by atoms with Gasteiger partial charge < -0.3 is 5.73 Å². The Balaban J connectivity index is 2.78. The second kappa shape index (κ2) is 3.47. The van der Waals surface area contributed by atoms with Crippen LogP contribution in [0, 0.1) is 0 Å². The lowest BCUT2D eigenvalue weighted by molar-refractivity contribution is 0.537. The van der Waals surface area contributed by atoms with Gasteiger partial charge in [0.1, 0.15) is 0 Å². The molecule has 2 atom stereocenters. The fourth-order valence-electron chi connectivity index (χ4n) is 1.93. The van der Waals surface area contributed by atoms with Crippen LogP contribution in [0.3, 0.4) is 0 Å². The molecule has 2 rings (SSSR count). The predicted octanol–water partition coefficient (Wildman–Crippen LogP) is 1.91. The van der Waals surface area contributed by atoms with Crippen molar-refractivity contribution in [2.24, 2.45) is 5.73 Å².